The summed E-state index contributed by atoms with van der Waals surface area (Å²) in [5, 5.41) is 6.66. The third kappa shape index (κ3) is 2.87. The van der Waals surface area contributed by atoms with Gasteiger partial charge < -0.3 is 15.5 Å². The summed E-state index contributed by atoms with van der Waals surface area (Å²) >= 11 is 0. The first-order valence-electron chi connectivity index (χ1n) is 7.61. The fraction of sp³-hybridized carbons (Fsp3) is 0.929. The molecule has 0 aromatic rings. The lowest BCUT2D eigenvalue weighted by molar-refractivity contribution is 0.0854. The highest BCUT2D eigenvalue weighted by molar-refractivity contribution is 5.75. The van der Waals surface area contributed by atoms with Crippen molar-refractivity contribution in [2.75, 3.05) is 32.7 Å². The molecule has 0 bridgehead atoms. The Labute approximate surface area is 115 Å². The second-order valence-electron chi connectivity index (χ2n) is 6.70. The van der Waals surface area contributed by atoms with Crippen molar-refractivity contribution in [2.45, 2.75) is 50.7 Å². The molecule has 5 heteroatoms. The molecule has 108 valence electrons. The lowest BCUT2D eigenvalue weighted by atomic mass is 9.95. The van der Waals surface area contributed by atoms with E-state index in [0.717, 1.165) is 45.6 Å². The fourth-order valence-electron chi connectivity index (χ4n) is 3.38. The molecule has 0 aromatic carbocycles. The van der Waals surface area contributed by atoms with Gasteiger partial charge in [-0.1, -0.05) is 0 Å². The van der Waals surface area contributed by atoms with Gasteiger partial charge in [0.2, 0.25) is 0 Å². The van der Waals surface area contributed by atoms with Crippen LogP contribution in [-0.4, -0.2) is 66.2 Å². The predicted octanol–water partition coefficient (Wildman–Crippen LogP) is 0.617. The molecule has 0 radical (unpaired) electrons. The number of hydrogen-bond donors (Lipinski definition) is 2. The lowest BCUT2D eigenvalue weighted by Gasteiger charge is -2.42. The summed E-state index contributed by atoms with van der Waals surface area (Å²) in [6.07, 6.45) is 3.54. The molecule has 1 aliphatic carbocycles. The minimum Gasteiger partial charge on any atom is -0.335 e. The fourth-order valence-corrected chi connectivity index (χ4v) is 3.38. The largest absolute Gasteiger partial charge is 0.335 e. The smallest absolute Gasteiger partial charge is 0.317 e. The monoisotopic (exact) mass is 266 g/mol. The van der Waals surface area contributed by atoms with Crippen LogP contribution in [0.5, 0.6) is 0 Å². The van der Waals surface area contributed by atoms with Crippen molar-refractivity contribution in [3.8, 4) is 0 Å². The zero-order valence-electron chi connectivity index (χ0n) is 12.1. The van der Waals surface area contributed by atoms with Crippen molar-refractivity contribution < 1.29 is 4.79 Å². The van der Waals surface area contributed by atoms with Crippen molar-refractivity contribution in [3.05, 3.63) is 0 Å². The van der Waals surface area contributed by atoms with E-state index in [-0.39, 0.29) is 11.6 Å². The number of urea groups is 1. The van der Waals surface area contributed by atoms with Crippen molar-refractivity contribution in [2.24, 2.45) is 0 Å². The van der Waals surface area contributed by atoms with Gasteiger partial charge in [0.05, 0.1) is 0 Å². The Morgan fingerprint density at radius 1 is 1.16 bits per heavy atom. The molecule has 3 aliphatic rings. The molecule has 1 saturated carbocycles. The molecule has 5 nitrogen and oxygen atoms in total. The highest BCUT2D eigenvalue weighted by Crippen LogP contribution is 2.25. The van der Waals surface area contributed by atoms with Crippen LogP contribution in [0.15, 0.2) is 0 Å². The van der Waals surface area contributed by atoms with Gasteiger partial charge in [-0.25, -0.2) is 4.79 Å². The molecule has 1 unspecified atom stereocenters. The predicted molar refractivity (Wildman–Crippen MR) is 75.2 cm³/mol. The molecule has 2 heterocycles. The number of hydrogen-bond acceptors (Lipinski definition) is 3. The Balaban J connectivity index is 1.50. The maximum Gasteiger partial charge on any atom is 0.317 e. The van der Waals surface area contributed by atoms with Crippen LogP contribution in [0.25, 0.3) is 0 Å². The van der Waals surface area contributed by atoms with E-state index in [0.29, 0.717) is 12.1 Å². The molecule has 3 fully saturated rings. The summed E-state index contributed by atoms with van der Waals surface area (Å²) in [6, 6.07) is 1.22. The zero-order chi connectivity index (χ0) is 13.5. The molecule has 0 aromatic heterocycles. The minimum atomic E-state index is 0.144. The van der Waals surface area contributed by atoms with Crippen LogP contribution in [0, 0.1) is 0 Å². The van der Waals surface area contributed by atoms with E-state index < -0.39 is 0 Å². The van der Waals surface area contributed by atoms with Crippen molar-refractivity contribution in [3.63, 3.8) is 0 Å². The van der Waals surface area contributed by atoms with Crippen LogP contribution in [0.2, 0.25) is 0 Å². The number of piperazine rings is 1. The number of nitrogens with one attached hydrogen (secondary N) is 2. The first-order chi connectivity index (χ1) is 9.06. The molecular formula is C14H26N4O. The van der Waals surface area contributed by atoms with E-state index >= 15 is 0 Å². The van der Waals surface area contributed by atoms with Crippen LogP contribution in [0.3, 0.4) is 0 Å². The summed E-state index contributed by atoms with van der Waals surface area (Å²) < 4.78 is 0. The van der Waals surface area contributed by atoms with Gasteiger partial charge >= 0.3 is 6.03 Å². The van der Waals surface area contributed by atoms with Gasteiger partial charge in [0, 0.05) is 43.8 Å². The average Bonchev–Trinajstić information content (AvgIpc) is 3.12. The van der Waals surface area contributed by atoms with E-state index in [1.54, 1.807) is 0 Å². The normalized spacial score (nSPS) is 31.5. The van der Waals surface area contributed by atoms with Gasteiger partial charge in [-0.05, 0) is 39.7 Å². The summed E-state index contributed by atoms with van der Waals surface area (Å²) in [5.74, 6) is 0. The summed E-state index contributed by atoms with van der Waals surface area (Å²) in [4.78, 5) is 16.5. The standard InChI is InChI=1S/C14H26N4O/c1-14(2)12(5-6-15-14)17-7-9-18(10-8-17)13(19)16-11-3-4-11/h11-12,15H,3-10H2,1-2H3,(H,16,19). The van der Waals surface area contributed by atoms with Gasteiger partial charge in [0.25, 0.3) is 0 Å². The van der Waals surface area contributed by atoms with Crippen LogP contribution in [0.4, 0.5) is 4.79 Å². The van der Waals surface area contributed by atoms with E-state index in [1.165, 1.54) is 6.42 Å². The second-order valence-corrected chi connectivity index (χ2v) is 6.70. The third-order valence-corrected chi connectivity index (χ3v) is 4.78. The molecule has 1 atom stereocenters. The maximum atomic E-state index is 12.0. The van der Waals surface area contributed by atoms with Crippen LogP contribution in [-0.2, 0) is 0 Å². The van der Waals surface area contributed by atoms with Crippen LogP contribution in [0.1, 0.15) is 33.1 Å². The van der Waals surface area contributed by atoms with Gasteiger partial charge in [0.1, 0.15) is 0 Å². The van der Waals surface area contributed by atoms with E-state index in [2.05, 4.69) is 29.4 Å². The molecule has 2 saturated heterocycles. The molecule has 19 heavy (non-hydrogen) atoms. The zero-order valence-corrected chi connectivity index (χ0v) is 12.1. The highest BCUT2D eigenvalue weighted by atomic mass is 16.2. The topological polar surface area (TPSA) is 47.6 Å². The SMILES string of the molecule is CC1(C)NCCC1N1CCN(C(=O)NC2CC2)CC1. The number of carbonyl (C=O) groups excluding carboxylic acids is 1. The van der Waals surface area contributed by atoms with Crippen molar-refractivity contribution in [1.82, 2.24) is 20.4 Å². The van der Waals surface area contributed by atoms with Gasteiger partial charge in [-0.15, -0.1) is 0 Å². The Morgan fingerprint density at radius 3 is 2.37 bits per heavy atom. The molecular weight excluding hydrogens is 240 g/mol. The highest BCUT2D eigenvalue weighted by Gasteiger charge is 2.39. The molecule has 2 amide bonds. The van der Waals surface area contributed by atoms with E-state index in [9.17, 15) is 4.79 Å². The Bertz CT molecular complexity index is 345. The number of rotatable bonds is 2. The van der Waals surface area contributed by atoms with Gasteiger partial charge in [0.15, 0.2) is 0 Å². The van der Waals surface area contributed by atoms with Crippen molar-refractivity contribution >= 4 is 6.03 Å². The molecule has 3 rings (SSSR count). The molecule has 2 aliphatic heterocycles. The van der Waals surface area contributed by atoms with E-state index in [1.807, 2.05) is 4.90 Å². The summed E-state index contributed by atoms with van der Waals surface area (Å²) in [6.45, 7) is 9.44. The molecule has 2 N–H and O–H groups in total. The Morgan fingerprint density at radius 2 is 1.84 bits per heavy atom. The number of amides is 2. The Kier molecular flexibility index (Phi) is 3.43. The third-order valence-electron chi connectivity index (χ3n) is 4.78. The van der Waals surface area contributed by atoms with Crippen molar-refractivity contribution in [1.29, 1.82) is 0 Å². The van der Waals surface area contributed by atoms with Gasteiger partial charge in [-0.3, -0.25) is 4.90 Å². The Hall–Kier alpha value is -0.810. The number of carbonyl (C=O) groups is 1. The maximum absolute atomic E-state index is 12.0. The lowest BCUT2D eigenvalue weighted by Crippen LogP contribution is -2.58. The minimum absolute atomic E-state index is 0.144. The average molecular weight is 266 g/mol. The quantitative estimate of drug-likeness (QED) is 0.770. The van der Waals surface area contributed by atoms with Gasteiger partial charge in [-0.2, -0.15) is 0 Å². The summed E-state index contributed by atoms with van der Waals surface area (Å²) in [5.41, 5.74) is 0.207. The number of nitrogens with zero attached hydrogens (tertiary/aromatic N) is 2. The summed E-state index contributed by atoms with van der Waals surface area (Å²) in [7, 11) is 0. The van der Waals surface area contributed by atoms with Crippen LogP contribution >= 0.6 is 0 Å². The van der Waals surface area contributed by atoms with Crippen LogP contribution < -0.4 is 10.6 Å². The van der Waals surface area contributed by atoms with E-state index in [4.69, 9.17) is 0 Å². The first-order valence-corrected chi connectivity index (χ1v) is 7.61. The second kappa shape index (κ2) is 4.94. The first kappa shape index (κ1) is 13.2. The molecule has 0 spiro atoms.